The SMILES string of the molecule is C=CCCCCCCCCCCCCCCCCCCCCC(=O)O. The second-order valence-electron chi connectivity index (χ2n) is 7.59. The van der Waals surface area contributed by atoms with E-state index in [0.29, 0.717) is 6.42 Å². The quantitative estimate of drug-likeness (QED) is 0.167. The van der Waals surface area contributed by atoms with Crippen molar-refractivity contribution in [1.29, 1.82) is 0 Å². The van der Waals surface area contributed by atoms with Gasteiger partial charge in [-0.2, -0.15) is 0 Å². The van der Waals surface area contributed by atoms with Crippen LogP contribution in [0.3, 0.4) is 0 Å². The van der Waals surface area contributed by atoms with E-state index >= 15 is 0 Å². The second-order valence-corrected chi connectivity index (χ2v) is 7.59. The standard InChI is InChI=1S/C23H44O2/c1-2-3-4-5-6-7-8-9-10-11-12-13-14-15-16-17-18-19-20-21-22-23(24)25/h2H,1,3-22H2,(H,24,25). The van der Waals surface area contributed by atoms with E-state index in [1.54, 1.807) is 0 Å². The van der Waals surface area contributed by atoms with Gasteiger partial charge >= 0.3 is 5.97 Å². The van der Waals surface area contributed by atoms with Gasteiger partial charge in [-0.15, -0.1) is 6.58 Å². The molecule has 0 aliphatic heterocycles. The Kier molecular flexibility index (Phi) is 20.6. The van der Waals surface area contributed by atoms with Crippen molar-refractivity contribution in [2.45, 2.75) is 128 Å². The Bertz CT molecular complexity index is 286. The molecule has 0 saturated heterocycles. The van der Waals surface area contributed by atoms with Crippen LogP contribution >= 0.6 is 0 Å². The summed E-state index contributed by atoms with van der Waals surface area (Å²) in [6.45, 7) is 3.77. The lowest BCUT2D eigenvalue weighted by Crippen LogP contribution is -1.93. The Labute approximate surface area is 157 Å². The van der Waals surface area contributed by atoms with Gasteiger partial charge < -0.3 is 5.11 Å². The van der Waals surface area contributed by atoms with E-state index in [2.05, 4.69) is 6.58 Å². The highest BCUT2D eigenvalue weighted by atomic mass is 16.4. The van der Waals surface area contributed by atoms with Gasteiger partial charge in [-0.1, -0.05) is 109 Å². The van der Waals surface area contributed by atoms with Gasteiger partial charge in [-0.25, -0.2) is 0 Å². The third-order valence-electron chi connectivity index (χ3n) is 5.05. The molecule has 0 aliphatic rings. The molecule has 0 aromatic heterocycles. The molecule has 0 aromatic carbocycles. The average molecular weight is 353 g/mol. The minimum absolute atomic E-state index is 0.343. The number of unbranched alkanes of at least 4 members (excludes halogenated alkanes) is 18. The van der Waals surface area contributed by atoms with Crippen molar-refractivity contribution in [3.05, 3.63) is 12.7 Å². The van der Waals surface area contributed by atoms with Crippen LogP contribution < -0.4 is 0 Å². The molecule has 0 aromatic rings. The monoisotopic (exact) mass is 352 g/mol. The first-order chi connectivity index (χ1) is 12.3. The maximum Gasteiger partial charge on any atom is 0.303 e. The third kappa shape index (κ3) is 23.2. The number of hydrogen-bond donors (Lipinski definition) is 1. The minimum Gasteiger partial charge on any atom is -0.481 e. The van der Waals surface area contributed by atoms with Crippen molar-refractivity contribution >= 4 is 5.97 Å². The first-order valence-corrected chi connectivity index (χ1v) is 11.1. The van der Waals surface area contributed by atoms with E-state index in [1.165, 1.54) is 109 Å². The zero-order valence-corrected chi connectivity index (χ0v) is 16.8. The van der Waals surface area contributed by atoms with E-state index in [9.17, 15) is 4.79 Å². The second kappa shape index (κ2) is 21.3. The molecule has 0 aliphatic carbocycles. The van der Waals surface area contributed by atoms with Gasteiger partial charge in [0.15, 0.2) is 0 Å². The molecule has 148 valence electrons. The summed E-state index contributed by atoms with van der Waals surface area (Å²) in [7, 11) is 0. The van der Waals surface area contributed by atoms with Crippen molar-refractivity contribution in [3.8, 4) is 0 Å². The predicted molar refractivity (Wildman–Crippen MR) is 110 cm³/mol. The third-order valence-corrected chi connectivity index (χ3v) is 5.05. The molecule has 25 heavy (non-hydrogen) atoms. The van der Waals surface area contributed by atoms with Crippen molar-refractivity contribution < 1.29 is 9.90 Å². The van der Waals surface area contributed by atoms with E-state index < -0.39 is 5.97 Å². The van der Waals surface area contributed by atoms with Crippen LogP contribution in [0.4, 0.5) is 0 Å². The summed E-state index contributed by atoms with van der Waals surface area (Å²) >= 11 is 0. The molecule has 0 amide bonds. The van der Waals surface area contributed by atoms with E-state index in [4.69, 9.17) is 5.11 Å². The first-order valence-electron chi connectivity index (χ1n) is 11.1. The molecule has 0 heterocycles. The van der Waals surface area contributed by atoms with Gasteiger partial charge in [0.25, 0.3) is 0 Å². The molecule has 0 unspecified atom stereocenters. The molecule has 0 rings (SSSR count). The van der Waals surface area contributed by atoms with Gasteiger partial charge in [0.2, 0.25) is 0 Å². The fourth-order valence-electron chi connectivity index (χ4n) is 3.39. The molecular formula is C23H44O2. The minimum atomic E-state index is -0.653. The molecule has 0 bridgehead atoms. The number of carboxylic acids is 1. The van der Waals surface area contributed by atoms with Crippen LogP contribution in [0.5, 0.6) is 0 Å². The van der Waals surface area contributed by atoms with Crippen LogP contribution in [-0.2, 0) is 4.79 Å². The Balaban J connectivity index is 2.98. The maximum absolute atomic E-state index is 10.4. The van der Waals surface area contributed by atoms with Crippen LogP contribution in [0.1, 0.15) is 128 Å². The molecule has 0 spiro atoms. The highest BCUT2D eigenvalue weighted by Crippen LogP contribution is 2.14. The summed E-state index contributed by atoms with van der Waals surface area (Å²) in [6, 6.07) is 0. The van der Waals surface area contributed by atoms with Gasteiger partial charge in [0.1, 0.15) is 0 Å². The molecule has 0 saturated carbocycles. The number of carboxylic acid groups (broad SMARTS) is 1. The zero-order chi connectivity index (χ0) is 18.4. The lowest BCUT2D eigenvalue weighted by molar-refractivity contribution is -0.137. The summed E-state index contributed by atoms with van der Waals surface area (Å²) in [5, 5.41) is 8.56. The highest BCUT2D eigenvalue weighted by molar-refractivity contribution is 5.66. The molecule has 0 atom stereocenters. The first kappa shape index (κ1) is 24.2. The van der Waals surface area contributed by atoms with Gasteiger partial charge in [0, 0.05) is 6.42 Å². The Morgan fingerprint density at radius 2 is 0.840 bits per heavy atom. The predicted octanol–water partition coefficient (Wildman–Crippen LogP) is 8.06. The summed E-state index contributed by atoms with van der Waals surface area (Å²) in [5.74, 6) is -0.653. The van der Waals surface area contributed by atoms with Crippen molar-refractivity contribution in [2.24, 2.45) is 0 Å². The van der Waals surface area contributed by atoms with Gasteiger partial charge in [-0.3, -0.25) is 4.79 Å². The van der Waals surface area contributed by atoms with E-state index in [1.807, 2.05) is 6.08 Å². The Morgan fingerprint density at radius 3 is 1.12 bits per heavy atom. The van der Waals surface area contributed by atoms with Gasteiger partial charge in [-0.05, 0) is 19.3 Å². The lowest BCUT2D eigenvalue weighted by atomic mass is 10.0. The number of allylic oxidation sites excluding steroid dienone is 1. The smallest absolute Gasteiger partial charge is 0.303 e. The number of aliphatic carboxylic acids is 1. The summed E-state index contributed by atoms with van der Waals surface area (Å²) in [5.41, 5.74) is 0. The largest absolute Gasteiger partial charge is 0.481 e. The van der Waals surface area contributed by atoms with E-state index in [0.717, 1.165) is 12.8 Å². The topological polar surface area (TPSA) is 37.3 Å². The normalized spacial score (nSPS) is 10.9. The number of rotatable bonds is 21. The molecule has 1 N–H and O–H groups in total. The van der Waals surface area contributed by atoms with Crippen LogP contribution in [0, 0.1) is 0 Å². The zero-order valence-electron chi connectivity index (χ0n) is 16.8. The lowest BCUT2D eigenvalue weighted by Gasteiger charge is -2.03. The van der Waals surface area contributed by atoms with Crippen molar-refractivity contribution in [1.82, 2.24) is 0 Å². The summed E-state index contributed by atoms with van der Waals surface area (Å²) < 4.78 is 0. The van der Waals surface area contributed by atoms with Crippen LogP contribution in [-0.4, -0.2) is 11.1 Å². The molecule has 2 nitrogen and oxygen atoms in total. The Hall–Kier alpha value is -0.790. The molecule has 0 fully saturated rings. The average Bonchev–Trinajstić information content (AvgIpc) is 2.60. The number of carbonyl (C=O) groups is 1. The molecule has 0 radical (unpaired) electrons. The van der Waals surface area contributed by atoms with Crippen LogP contribution in [0.15, 0.2) is 12.7 Å². The Morgan fingerprint density at radius 1 is 0.560 bits per heavy atom. The number of hydrogen-bond acceptors (Lipinski definition) is 1. The fraction of sp³-hybridized carbons (Fsp3) is 0.870. The fourth-order valence-corrected chi connectivity index (χ4v) is 3.39. The van der Waals surface area contributed by atoms with Crippen molar-refractivity contribution in [2.75, 3.05) is 0 Å². The van der Waals surface area contributed by atoms with Crippen molar-refractivity contribution in [3.63, 3.8) is 0 Å². The summed E-state index contributed by atoms with van der Waals surface area (Å²) in [4.78, 5) is 10.4. The maximum atomic E-state index is 10.4. The highest BCUT2D eigenvalue weighted by Gasteiger charge is 1.97. The van der Waals surface area contributed by atoms with Crippen LogP contribution in [0.25, 0.3) is 0 Å². The van der Waals surface area contributed by atoms with Crippen LogP contribution in [0.2, 0.25) is 0 Å². The van der Waals surface area contributed by atoms with E-state index in [-0.39, 0.29) is 0 Å². The molecule has 2 heteroatoms. The van der Waals surface area contributed by atoms with Gasteiger partial charge in [0.05, 0.1) is 0 Å². The summed E-state index contributed by atoms with van der Waals surface area (Å²) in [6.07, 6.45) is 27.6. The molecular weight excluding hydrogens is 308 g/mol.